The molecule has 0 aliphatic carbocycles. The van der Waals surface area contributed by atoms with Gasteiger partial charge in [0.1, 0.15) is 5.82 Å². The molecule has 0 fully saturated rings. The molecule has 1 aliphatic rings. The summed E-state index contributed by atoms with van der Waals surface area (Å²) in [7, 11) is 0. The van der Waals surface area contributed by atoms with Crippen LogP contribution < -0.4 is 16.0 Å². The number of hydrogen-bond donors (Lipinski definition) is 3. The van der Waals surface area contributed by atoms with Gasteiger partial charge in [-0.25, -0.2) is 4.98 Å². The van der Waals surface area contributed by atoms with Crippen LogP contribution in [-0.4, -0.2) is 33.6 Å². The molecular weight excluding hydrogens is 400 g/mol. The van der Waals surface area contributed by atoms with Gasteiger partial charge in [-0.05, 0) is 48.6 Å². The molecule has 1 aliphatic heterocycles. The summed E-state index contributed by atoms with van der Waals surface area (Å²) in [4.78, 5) is 16.9. The second-order valence-corrected chi connectivity index (χ2v) is 8.55. The summed E-state index contributed by atoms with van der Waals surface area (Å²) in [5, 5.41) is 14.5. The minimum absolute atomic E-state index is 0.0473. The third-order valence-electron chi connectivity index (χ3n) is 5.68. The summed E-state index contributed by atoms with van der Waals surface area (Å²) in [6, 6.07) is 10.0. The van der Waals surface area contributed by atoms with E-state index in [0.717, 1.165) is 59.9 Å². The average Bonchev–Trinajstić information content (AvgIpc) is 3.23. The Morgan fingerprint density at radius 2 is 2.16 bits per heavy atom. The van der Waals surface area contributed by atoms with Crippen LogP contribution >= 0.6 is 0 Å². The summed E-state index contributed by atoms with van der Waals surface area (Å²) in [5.74, 6) is 1.30. The van der Waals surface area contributed by atoms with Crippen molar-refractivity contribution in [2.24, 2.45) is 0 Å². The number of aromatic nitrogens is 3. The van der Waals surface area contributed by atoms with Gasteiger partial charge in [-0.15, -0.1) is 0 Å². The van der Waals surface area contributed by atoms with E-state index in [1.165, 1.54) is 5.57 Å². The zero-order valence-electron chi connectivity index (χ0n) is 19.1. The lowest BCUT2D eigenvalue weighted by Crippen LogP contribution is -2.20. The van der Waals surface area contributed by atoms with E-state index in [1.54, 1.807) is 0 Å². The molecule has 1 amide bonds. The van der Waals surface area contributed by atoms with Crippen LogP contribution in [0.25, 0.3) is 11.2 Å². The van der Waals surface area contributed by atoms with Crippen LogP contribution in [0.1, 0.15) is 62.8 Å². The van der Waals surface area contributed by atoms with E-state index in [9.17, 15) is 4.79 Å². The fraction of sp³-hybridized carbons (Fsp3) is 0.400. The van der Waals surface area contributed by atoms with E-state index in [0.29, 0.717) is 18.9 Å². The van der Waals surface area contributed by atoms with E-state index in [1.807, 2.05) is 35.8 Å². The molecule has 168 valence electrons. The first-order chi connectivity index (χ1) is 15.5. The summed E-state index contributed by atoms with van der Waals surface area (Å²) in [6.07, 6.45) is 6.47. The normalized spacial score (nSPS) is 13.9. The zero-order chi connectivity index (χ0) is 22.5. The third kappa shape index (κ3) is 4.99. The van der Waals surface area contributed by atoms with Gasteiger partial charge in [-0.1, -0.05) is 39.0 Å². The molecule has 0 spiro atoms. The highest BCUT2D eigenvalue weighted by Gasteiger charge is 2.16. The Morgan fingerprint density at radius 3 is 2.91 bits per heavy atom. The summed E-state index contributed by atoms with van der Waals surface area (Å²) >= 11 is 0. The van der Waals surface area contributed by atoms with Crippen molar-refractivity contribution in [1.82, 2.24) is 19.9 Å². The van der Waals surface area contributed by atoms with Gasteiger partial charge < -0.3 is 16.0 Å². The van der Waals surface area contributed by atoms with Crippen molar-refractivity contribution in [3.63, 3.8) is 0 Å². The van der Waals surface area contributed by atoms with Gasteiger partial charge in [0, 0.05) is 36.8 Å². The van der Waals surface area contributed by atoms with Gasteiger partial charge in [-0.2, -0.15) is 9.61 Å². The molecule has 0 unspecified atom stereocenters. The highest BCUT2D eigenvalue weighted by molar-refractivity contribution is 5.90. The number of carbonyl (C=O) groups excluding carboxylic acids is 1. The number of nitrogens with zero attached hydrogens (tertiary/aromatic N) is 3. The van der Waals surface area contributed by atoms with E-state index in [2.05, 4.69) is 53.1 Å². The average molecular weight is 433 g/mol. The largest absolute Gasteiger partial charge is 0.366 e. The zero-order valence-corrected chi connectivity index (χ0v) is 19.1. The van der Waals surface area contributed by atoms with Crippen molar-refractivity contribution in [2.75, 3.05) is 23.7 Å². The predicted molar refractivity (Wildman–Crippen MR) is 130 cm³/mol. The predicted octanol–water partition coefficient (Wildman–Crippen LogP) is 4.58. The monoisotopic (exact) mass is 432 g/mol. The molecule has 7 nitrogen and oxygen atoms in total. The molecule has 3 aromatic rings. The van der Waals surface area contributed by atoms with Crippen molar-refractivity contribution < 1.29 is 4.79 Å². The van der Waals surface area contributed by atoms with E-state index >= 15 is 0 Å². The van der Waals surface area contributed by atoms with E-state index in [4.69, 9.17) is 4.98 Å². The second-order valence-electron chi connectivity index (χ2n) is 8.55. The Hall–Kier alpha value is -3.19. The molecular formula is C25H32N6O. The SMILES string of the molecule is CCCC(=O)Nc1cccc(CNc2cc(C3=CCNCC3)nc3c(C(C)C)cnn23)c1. The van der Waals surface area contributed by atoms with Crippen molar-refractivity contribution >= 4 is 28.6 Å². The van der Waals surface area contributed by atoms with Crippen LogP contribution in [0.15, 0.2) is 42.6 Å². The number of anilines is 2. The summed E-state index contributed by atoms with van der Waals surface area (Å²) in [6.45, 7) is 8.80. The van der Waals surface area contributed by atoms with Crippen molar-refractivity contribution in [3.8, 4) is 0 Å². The van der Waals surface area contributed by atoms with Gasteiger partial charge in [0.05, 0.1) is 11.9 Å². The number of amides is 1. The Bertz CT molecular complexity index is 1130. The smallest absolute Gasteiger partial charge is 0.224 e. The lowest BCUT2D eigenvalue weighted by atomic mass is 10.0. The highest BCUT2D eigenvalue weighted by Crippen LogP contribution is 2.27. The number of fused-ring (bicyclic) bond motifs is 1. The molecule has 0 saturated heterocycles. The fourth-order valence-electron chi connectivity index (χ4n) is 3.93. The Kier molecular flexibility index (Phi) is 6.85. The number of carbonyl (C=O) groups is 1. The maximum absolute atomic E-state index is 11.9. The summed E-state index contributed by atoms with van der Waals surface area (Å²) < 4.78 is 1.90. The van der Waals surface area contributed by atoms with Gasteiger partial charge >= 0.3 is 0 Å². The lowest BCUT2D eigenvalue weighted by molar-refractivity contribution is -0.116. The third-order valence-corrected chi connectivity index (χ3v) is 5.68. The molecule has 3 heterocycles. The van der Waals surface area contributed by atoms with Gasteiger partial charge in [0.2, 0.25) is 5.91 Å². The highest BCUT2D eigenvalue weighted by atomic mass is 16.1. The lowest BCUT2D eigenvalue weighted by Gasteiger charge is -2.16. The second kappa shape index (κ2) is 9.96. The molecule has 3 N–H and O–H groups in total. The maximum Gasteiger partial charge on any atom is 0.224 e. The topological polar surface area (TPSA) is 83.4 Å². The minimum Gasteiger partial charge on any atom is -0.366 e. The van der Waals surface area contributed by atoms with Gasteiger partial charge in [0.15, 0.2) is 5.65 Å². The van der Waals surface area contributed by atoms with Crippen LogP contribution in [-0.2, 0) is 11.3 Å². The fourth-order valence-corrected chi connectivity index (χ4v) is 3.93. The summed E-state index contributed by atoms with van der Waals surface area (Å²) in [5.41, 5.74) is 6.23. The Balaban J connectivity index is 1.61. The first-order valence-corrected chi connectivity index (χ1v) is 11.5. The van der Waals surface area contributed by atoms with Gasteiger partial charge in [-0.3, -0.25) is 4.79 Å². The number of nitrogens with one attached hydrogen (secondary N) is 3. The van der Waals surface area contributed by atoms with Crippen molar-refractivity contribution in [2.45, 2.75) is 52.5 Å². The first kappa shape index (κ1) is 22.0. The minimum atomic E-state index is 0.0473. The Morgan fingerprint density at radius 1 is 1.28 bits per heavy atom. The molecule has 0 saturated carbocycles. The molecule has 0 radical (unpaired) electrons. The van der Waals surface area contributed by atoms with Crippen LogP contribution in [0.5, 0.6) is 0 Å². The first-order valence-electron chi connectivity index (χ1n) is 11.5. The number of benzene rings is 1. The molecule has 32 heavy (non-hydrogen) atoms. The van der Waals surface area contributed by atoms with Crippen LogP contribution in [0.4, 0.5) is 11.5 Å². The van der Waals surface area contributed by atoms with Crippen LogP contribution in [0.3, 0.4) is 0 Å². The quantitative estimate of drug-likeness (QED) is 0.485. The van der Waals surface area contributed by atoms with Crippen LogP contribution in [0.2, 0.25) is 0 Å². The molecule has 0 atom stereocenters. The van der Waals surface area contributed by atoms with Gasteiger partial charge in [0.25, 0.3) is 0 Å². The van der Waals surface area contributed by atoms with Crippen LogP contribution in [0, 0.1) is 0 Å². The van der Waals surface area contributed by atoms with E-state index in [-0.39, 0.29) is 5.91 Å². The number of rotatable bonds is 8. The maximum atomic E-state index is 11.9. The number of hydrogen-bond acceptors (Lipinski definition) is 5. The molecule has 7 heteroatoms. The Labute approximate surface area is 189 Å². The standard InChI is InChI=1S/C25H32N6O/c1-4-6-24(32)29-20-8-5-7-18(13-20)15-27-23-14-22(19-9-11-26-12-10-19)30-25-21(17(2)3)16-28-31(23)25/h5,7-9,13-14,16-17,26-27H,4,6,10-12,15H2,1-3H3,(H,29,32). The molecule has 0 bridgehead atoms. The molecule has 4 rings (SSSR count). The van der Waals surface area contributed by atoms with E-state index < -0.39 is 0 Å². The molecule has 1 aromatic carbocycles. The van der Waals surface area contributed by atoms with Crippen molar-refractivity contribution in [1.29, 1.82) is 0 Å². The molecule has 2 aromatic heterocycles. The van der Waals surface area contributed by atoms with Crippen molar-refractivity contribution in [3.05, 3.63) is 59.4 Å².